The highest BCUT2D eigenvalue weighted by Crippen LogP contribution is 2.18. The Balaban J connectivity index is 2.87. The van der Waals surface area contributed by atoms with Crippen molar-refractivity contribution in [1.29, 1.82) is 0 Å². The van der Waals surface area contributed by atoms with E-state index in [-0.39, 0.29) is 0 Å². The van der Waals surface area contributed by atoms with Gasteiger partial charge in [0.15, 0.2) is 0 Å². The number of anilines is 1. The summed E-state index contributed by atoms with van der Waals surface area (Å²) >= 11 is 5.83. The molecule has 0 aliphatic heterocycles. The summed E-state index contributed by atoms with van der Waals surface area (Å²) in [7, 11) is 1.30. The number of nitrogens with zero attached hydrogens (tertiary/aromatic N) is 1. The number of methoxy groups -OCH3 is 1. The predicted octanol–water partition coefficient (Wildman–Crippen LogP) is 1.50. The van der Waals surface area contributed by atoms with Crippen LogP contribution in [0.5, 0.6) is 0 Å². The normalized spacial score (nSPS) is 10.4. The minimum absolute atomic E-state index is 0.338. The van der Waals surface area contributed by atoms with Gasteiger partial charge in [-0.3, -0.25) is 0 Å². The van der Waals surface area contributed by atoms with Crippen LogP contribution in [0.3, 0.4) is 0 Å². The van der Waals surface area contributed by atoms with Crippen molar-refractivity contribution >= 4 is 29.5 Å². The highest BCUT2D eigenvalue weighted by Gasteiger charge is 1.99. The summed E-state index contributed by atoms with van der Waals surface area (Å²) in [4.78, 5) is 14.6. The fourth-order valence-electron chi connectivity index (χ4n) is 0.805. The molecule has 0 amide bonds. The van der Waals surface area contributed by atoms with Gasteiger partial charge in [0.05, 0.1) is 12.1 Å². The molecule has 0 saturated carbocycles. The van der Waals surface area contributed by atoms with Gasteiger partial charge in [0.1, 0.15) is 5.82 Å². The van der Waals surface area contributed by atoms with E-state index in [2.05, 4.69) is 9.72 Å². The maximum absolute atomic E-state index is 10.8. The molecule has 0 bridgehead atoms. The number of ether oxygens (including phenoxy) is 1. The number of esters is 1. The Bertz CT molecular complexity index is 377. The van der Waals surface area contributed by atoms with Gasteiger partial charge in [0.2, 0.25) is 0 Å². The average molecular weight is 213 g/mol. The van der Waals surface area contributed by atoms with Gasteiger partial charge < -0.3 is 10.5 Å². The number of hydrogen-bond donors (Lipinski definition) is 1. The Morgan fingerprint density at radius 3 is 3.00 bits per heavy atom. The highest BCUT2D eigenvalue weighted by atomic mass is 35.5. The second kappa shape index (κ2) is 4.62. The third-order valence-corrected chi connectivity index (χ3v) is 1.83. The van der Waals surface area contributed by atoms with Crippen LogP contribution in [-0.2, 0) is 9.53 Å². The molecule has 0 fully saturated rings. The summed E-state index contributed by atoms with van der Waals surface area (Å²) in [6.07, 6.45) is 4.26. The first kappa shape index (κ1) is 10.5. The van der Waals surface area contributed by atoms with Gasteiger partial charge in [-0.1, -0.05) is 11.6 Å². The number of carbonyl (C=O) groups is 1. The van der Waals surface area contributed by atoms with Crippen LogP contribution in [0, 0.1) is 0 Å². The minimum atomic E-state index is -0.446. The van der Waals surface area contributed by atoms with Crippen molar-refractivity contribution in [3.05, 3.63) is 28.9 Å². The molecular weight excluding hydrogens is 204 g/mol. The van der Waals surface area contributed by atoms with Gasteiger partial charge in [0, 0.05) is 17.8 Å². The molecule has 4 nitrogen and oxygen atoms in total. The molecule has 5 heteroatoms. The molecule has 0 aliphatic rings. The quantitative estimate of drug-likeness (QED) is 0.596. The van der Waals surface area contributed by atoms with E-state index in [0.717, 1.165) is 0 Å². The maximum atomic E-state index is 10.8. The van der Waals surface area contributed by atoms with Crippen LogP contribution in [-0.4, -0.2) is 18.1 Å². The van der Waals surface area contributed by atoms with Crippen molar-refractivity contribution in [1.82, 2.24) is 4.98 Å². The van der Waals surface area contributed by atoms with Crippen molar-refractivity contribution in [2.24, 2.45) is 0 Å². The first-order chi connectivity index (χ1) is 6.63. The molecule has 1 aromatic heterocycles. The molecule has 0 saturated heterocycles. The lowest BCUT2D eigenvalue weighted by Crippen LogP contribution is -1.94. The summed E-state index contributed by atoms with van der Waals surface area (Å²) in [5.74, 6) is -0.108. The molecule has 0 aromatic carbocycles. The predicted molar refractivity (Wildman–Crippen MR) is 54.7 cm³/mol. The van der Waals surface area contributed by atoms with Crippen LogP contribution >= 0.6 is 11.6 Å². The second-order valence-corrected chi connectivity index (χ2v) is 2.89. The molecular formula is C9H9ClN2O2. The van der Waals surface area contributed by atoms with Crippen molar-refractivity contribution in [3.8, 4) is 0 Å². The third kappa shape index (κ3) is 2.74. The number of hydrogen-bond acceptors (Lipinski definition) is 4. The number of nitrogen functional groups attached to an aromatic ring is 1. The monoisotopic (exact) mass is 212 g/mol. The van der Waals surface area contributed by atoms with Crippen LogP contribution in [0.4, 0.5) is 5.82 Å². The zero-order chi connectivity index (χ0) is 10.6. The lowest BCUT2D eigenvalue weighted by atomic mass is 10.2. The van der Waals surface area contributed by atoms with Crippen molar-refractivity contribution < 1.29 is 9.53 Å². The Morgan fingerprint density at radius 2 is 2.43 bits per heavy atom. The molecule has 74 valence electrons. The van der Waals surface area contributed by atoms with Gasteiger partial charge in [-0.05, 0) is 12.1 Å². The molecule has 0 atom stereocenters. The van der Waals surface area contributed by atoms with E-state index < -0.39 is 5.97 Å². The molecule has 14 heavy (non-hydrogen) atoms. The van der Waals surface area contributed by atoms with E-state index in [0.29, 0.717) is 16.4 Å². The molecule has 1 aromatic rings. The van der Waals surface area contributed by atoms with E-state index in [1.807, 2.05) is 0 Å². The standard InChI is InChI=1S/C9H9ClN2O2/c1-14-9(13)3-2-6-5-12-8(11)4-7(6)10/h2-5H,1H3,(H2,11,12). The van der Waals surface area contributed by atoms with Crippen LogP contribution in [0.1, 0.15) is 5.56 Å². The number of pyridine rings is 1. The van der Waals surface area contributed by atoms with E-state index in [4.69, 9.17) is 17.3 Å². The molecule has 0 unspecified atom stereocenters. The van der Waals surface area contributed by atoms with Crippen LogP contribution < -0.4 is 5.73 Å². The molecule has 0 aliphatic carbocycles. The number of rotatable bonds is 2. The first-order valence-corrected chi connectivity index (χ1v) is 4.18. The lowest BCUT2D eigenvalue weighted by molar-refractivity contribution is -0.134. The average Bonchev–Trinajstić information content (AvgIpc) is 2.16. The van der Waals surface area contributed by atoms with Gasteiger partial charge >= 0.3 is 5.97 Å². The number of carbonyl (C=O) groups excluding carboxylic acids is 1. The van der Waals surface area contributed by atoms with Crippen LogP contribution in [0.25, 0.3) is 6.08 Å². The Labute approximate surface area is 86.3 Å². The summed E-state index contributed by atoms with van der Waals surface area (Å²) in [5.41, 5.74) is 6.02. The van der Waals surface area contributed by atoms with Gasteiger partial charge in [-0.15, -0.1) is 0 Å². The molecule has 1 heterocycles. The lowest BCUT2D eigenvalue weighted by Gasteiger charge is -1.98. The van der Waals surface area contributed by atoms with E-state index in [1.54, 1.807) is 0 Å². The smallest absolute Gasteiger partial charge is 0.330 e. The molecule has 2 N–H and O–H groups in total. The second-order valence-electron chi connectivity index (χ2n) is 2.49. The first-order valence-electron chi connectivity index (χ1n) is 3.80. The number of nitrogens with two attached hydrogens (primary N) is 1. The zero-order valence-electron chi connectivity index (χ0n) is 7.53. The van der Waals surface area contributed by atoms with E-state index >= 15 is 0 Å². The summed E-state index contributed by atoms with van der Waals surface area (Å²) in [6, 6.07) is 1.51. The Hall–Kier alpha value is -1.55. The zero-order valence-corrected chi connectivity index (χ0v) is 8.28. The topological polar surface area (TPSA) is 65.2 Å². The van der Waals surface area contributed by atoms with Gasteiger partial charge in [-0.25, -0.2) is 9.78 Å². The summed E-state index contributed by atoms with van der Waals surface area (Å²) in [6.45, 7) is 0. The van der Waals surface area contributed by atoms with Crippen LogP contribution in [0.2, 0.25) is 5.02 Å². The van der Waals surface area contributed by atoms with Crippen LogP contribution in [0.15, 0.2) is 18.3 Å². The number of halogens is 1. The SMILES string of the molecule is COC(=O)C=Cc1cnc(N)cc1Cl. The Morgan fingerprint density at radius 1 is 1.71 bits per heavy atom. The van der Waals surface area contributed by atoms with Crippen molar-refractivity contribution in [2.75, 3.05) is 12.8 Å². The minimum Gasteiger partial charge on any atom is -0.466 e. The highest BCUT2D eigenvalue weighted by molar-refractivity contribution is 6.32. The third-order valence-electron chi connectivity index (χ3n) is 1.50. The summed E-state index contributed by atoms with van der Waals surface area (Å²) < 4.78 is 4.42. The van der Waals surface area contributed by atoms with E-state index in [9.17, 15) is 4.79 Å². The van der Waals surface area contributed by atoms with Gasteiger partial charge in [0.25, 0.3) is 0 Å². The maximum Gasteiger partial charge on any atom is 0.330 e. The molecule has 1 rings (SSSR count). The van der Waals surface area contributed by atoms with Crippen molar-refractivity contribution in [2.45, 2.75) is 0 Å². The fraction of sp³-hybridized carbons (Fsp3) is 0.111. The van der Waals surface area contributed by atoms with E-state index in [1.165, 1.54) is 31.5 Å². The molecule has 0 spiro atoms. The largest absolute Gasteiger partial charge is 0.466 e. The van der Waals surface area contributed by atoms with Gasteiger partial charge in [-0.2, -0.15) is 0 Å². The Kier molecular flexibility index (Phi) is 3.48. The summed E-state index contributed by atoms with van der Waals surface area (Å²) in [5, 5.41) is 0.442. The van der Waals surface area contributed by atoms with Crippen molar-refractivity contribution in [3.63, 3.8) is 0 Å². The molecule has 0 radical (unpaired) electrons. The number of aromatic nitrogens is 1. The fourth-order valence-corrected chi connectivity index (χ4v) is 1.03.